The van der Waals surface area contributed by atoms with Crippen LogP contribution in [0.5, 0.6) is 11.5 Å². The van der Waals surface area contributed by atoms with Crippen LogP contribution in [0.1, 0.15) is 11.1 Å². The molecule has 0 fully saturated rings. The van der Waals surface area contributed by atoms with Crippen LogP contribution >= 0.6 is 11.8 Å². The van der Waals surface area contributed by atoms with E-state index in [2.05, 4.69) is 10.2 Å². The molecule has 128 valence electrons. The zero-order valence-electron chi connectivity index (χ0n) is 13.7. The number of nitrogens with zero attached hydrogens (tertiary/aromatic N) is 2. The Labute approximate surface area is 148 Å². The fourth-order valence-corrected chi connectivity index (χ4v) is 2.79. The van der Waals surface area contributed by atoms with Gasteiger partial charge in [0.15, 0.2) is 0 Å². The highest BCUT2D eigenvalue weighted by Crippen LogP contribution is 2.30. The fraction of sp³-hybridized carbons (Fsp3) is 0.167. The van der Waals surface area contributed by atoms with Crippen LogP contribution < -0.4 is 4.74 Å². The highest BCUT2D eigenvalue weighted by Gasteiger charge is 2.15. The van der Waals surface area contributed by atoms with E-state index in [-0.39, 0.29) is 22.6 Å². The third kappa shape index (κ3) is 4.00. The topological polar surface area (TPSA) is 85.5 Å². The number of ether oxygens (including phenoxy) is 1. The van der Waals surface area contributed by atoms with E-state index in [0.717, 1.165) is 22.9 Å². The van der Waals surface area contributed by atoms with E-state index in [4.69, 9.17) is 9.15 Å². The van der Waals surface area contributed by atoms with Crippen molar-refractivity contribution in [3.63, 3.8) is 0 Å². The van der Waals surface area contributed by atoms with Gasteiger partial charge in [0.25, 0.3) is 11.1 Å². The van der Waals surface area contributed by atoms with Gasteiger partial charge in [0.05, 0.1) is 5.56 Å². The first kappa shape index (κ1) is 17.0. The highest BCUT2D eigenvalue weighted by atomic mass is 32.2. The number of esters is 1. The first-order chi connectivity index (χ1) is 12.0. The van der Waals surface area contributed by atoms with E-state index in [9.17, 15) is 9.90 Å². The molecule has 1 aromatic heterocycles. The fourth-order valence-electron chi connectivity index (χ4n) is 2.26. The molecule has 0 spiro atoms. The van der Waals surface area contributed by atoms with E-state index < -0.39 is 5.97 Å². The molecule has 0 amide bonds. The molecule has 2 aromatic carbocycles. The van der Waals surface area contributed by atoms with Crippen molar-refractivity contribution in [3.05, 3.63) is 53.6 Å². The average molecular weight is 356 g/mol. The van der Waals surface area contributed by atoms with Gasteiger partial charge in [0, 0.05) is 0 Å². The second kappa shape index (κ2) is 7.40. The lowest BCUT2D eigenvalue weighted by Gasteiger charge is -2.09. The maximum absolute atomic E-state index is 12.0. The standard InChI is InChI=1S/C18H16N2O4S/c1-11-6-5-7-12(2)16(11)23-15(22)10-25-18-20-19-17(24-18)13-8-3-4-9-14(13)21/h3-9,21H,10H2,1-2H3. The van der Waals surface area contributed by atoms with Crippen LogP contribution in [-0.4, -0.2) is 27.0 Å². The molecule has 0 radical (unpaired) electrons. The van der Waals surface area contributed by atoms with Crippen molar-refractivity contribution < 1.29 is 19.1 Å². The van der Waals surface area contributed by atoms with Gasteiger partial charge in [0.1, 0.15) is 17.3 Å². The number of benzene rings is 2. The van der Waals surface area contributed by atoms with Crippen LogP contribution in [0.4, 0.5) is 0 Å². The number of carbonyl (C=O) groups excluding carboxylic acids is 1. The molecule has 25 heavy (non-hydrogen) atoms. The second-order valence-corrected chi connectivity index (χ2v) is 6.30. The summed E-state index contributed by atoms with van der Waals surface area (Å²) in [4.78, 5) is 12.0. The molecular weight excluding hydrogens is 340 g/mol. The van der Waals surface area contributed by atoms with Gasteiger partial charge in [-0.3, -0.25) is 4.79 Å². The van der Waals surface area contributed by atoms with Crippen molar-refractivity contribution >= 4 is 17.7 Å². The summed E-state index contributed by atoms with van der Waals surface area (Å²) in [7, 11) is 0. The quantitative estimate of drug-likeness (QED) is 0.423. The number of aryl methyl sites for hydroxylation is 2. The predicted octanol–water partition coefficient (Wildman–Crippen LogP) is 3.76. The number of hydrogen-bond acceptors (Lipinski definition) is 7. The summed E-state index contributed by atoms with van der Waals surface area (Å²) in [6.07, 6.45) is 0. The van der Waals surface area contributed by atoms with Crippen LogP contribution in [0.3, 0.4) is 0 Å². The lowest BCUT2D eigenvalue weighted by Crippen LogP contribution is -2.12. The summed E-state index contributed by atoms with van der Waals surface area (Å²) < 4.78 is 10.9. The molecule has 1 N–H and O–H groups in total. The van der Waals surface area contributed by atoms with Crippen molar-refractivity contribution in [2.75, 3.05) is 5.75 Å². The molecule has 0 atom stereocenters. The smallest absolute Gasteiger partial charge is 0.321 e. The molecule has 3 aromatic rings. The number of rotatable bonds is 5. The van der Waals surface area contributed by atoms with Crippen LogP contribution in [-0.2, 0) is 4.79 Å². The third-order valence-electron chi connectivity index (χ3n) is 3.48. The molecule has 0 aliphatic heterocycles. The van der Waals surface area contributed by atoms with Gasteiger partial charge in [-0.15, -0.1) is 10.2 Å². The lowest BCUT2D eigenvalue weighted by atomic mass is 10.1. The minimum Gasteiger partial charge on any atom is -0.507 e. The number of carbonyl (C=O) groups is 1. The Balaban J connectivity index is 1.63. The number of aromatic hydroxyl groups is 1. The molecule has 3 rings (SSSR count). The Hall–Kier alpha value is -2.80. The summed E-state index contributed by atoms with van der Waals surface area (Å²) in [6, 6.07) is 12.4. The molecule has 0 saturated heterocycles. The molecule has 1 heterocycles. The van der Waals surface area contributed by atoms with Crippen LogP contribution in [0.15, 0.2) is 52.1 Å². The van der Waals surface area contributed by atoms with Gasteiger partial charge in [-0.1, -0.05) is 42.1 Å². The van der Waals surface area contributed by atoms with E-state index in [0.29, 0.717) is 11.3 Å². The first-order valence-electron chi connectivity index (χ1n) is 7.56. The van der Waals surface area contributed by atoms with Gasteiger partial charge in [-0.05, 0) is 37.1 Å². The molecule has 0 aliphatic carbocycles. The van der Waals surface area contributed by atoms with Gasteiger partial charge in [0.2, 0.25) is 0 Å². The number of aromatic nitrogens is 2. The normalized spacial score (nSPS) is 10.6. The van der Waals surface area contributed by atoms with Crippen LogP contribution in [0, 0.1) is 13.8 Å². The van der Waals surface area contributed by atoms with Crippen LogP contribution in [0.25, 0.3) is 11.5 Å². The number of hydrogen-bond donors (Lipinski definition) is 1. The minimum absolute atomic E-state index is 0.0379. The van der Waals surface area contributed by atoms with Crippen molar-refractivity contribution in [3.8, 4) is 23.0 Å². The molecule has 0 bridgehead atoms. The maximum atomic E-state index is 12.0. The zero-order chi connectivity index (χ0) is 17.8. The van der Waals surface area contributed by atoms with Crippen molar-refractivity contribution in [2.24, 2.45) is 0 Å². The zero-order valence-corrected chi connectivity index (χ0v) is 14.5. The third-order valence-corrected chi connectivity index (χ3v) is 4.27. The highest BCUT2D eigenvalue weighted by molar-refractivity contribution is 7.99. The Morgan fingerprint density at radius 1 is 1.12 bits per heavy atom. The Kier molecular flexibility index (Phi) is 5.04. The average Bonchev–Trinajstić information content (AvgIpc) is 3.06. The molecule has 0 unspecified atom stereocenters. The van der Waals surface area contributed by atoms with Crippen LogP contribution in [0.2, 0.25) is 0 Å². The molecule has 7 heteroatoms. The Morgan fingerprint density at radius 3 is 2.56 bits per heavy atom. The summed E-state index contributed by atoms with van der Waals surface area (Å²) in [5.74, 6) is 0.468. The number of thioether (sulfide) groups is 1. The molecule has 0 saturated carbocycles. The Morgan fingerprint density at radius 2 is 1.84 bits per heavy atom. The SMILES string of the molecule is Cc1cccc(C)c1OC(=O)CSc1nnc(-c2ccccc2O)o1. The molecular formula is C18H16N2O4S. The summed E-state index contributed by atoms with van der Waals surface area (Å²) in [5.41, 5.74) is 2.25. The van der Waals surface area contributed by atoms with Gasteiger partial charge < -0.3 is 14.3 Å². The molecule has 6 nitrogen and oxygen atoms in total. The van der Waals surface area contributed by atoms with E-state index in [1.165, 1.54) is 6.07 Å². The van der Waals surface area contributed by atoms with Crippen molar-refractivity contribution in [2.45, 2.75) is 19.1 Å². The van der Waals surface area contributed by atoms with E-state index in [1.54, 1.807) is 18.2 Å². The second-order valence-electron chi connectivity index (χ2n) is 5.37. The Bertz CT molecular complexity index is 887. The van der Waals surface area contributed by atoms with E-state index in [1.807, 2.05) is 32.0 Å². The van der Waals surface area contributed by atoms with E-state index >= 15 is 0 Å². The number of para-hydroxylation sites is 2. The summed E-state index contributed by atoms with van der Waals surface area (Å²) in [6.45, 7) is 3.78. The molecule has 0 aliphatic rings. The van der Waals surface area contributed by atoms with Gasteiger partial charge in [-0.25, -0.2) is 0 Å². The number of phenols is 1. The van der Waals surface area contributed by atoms with Crippen molar-refractivity contribution in [1.82, 2.24) is 10.2 Å². The maximum Gasteiger partial charge on any atom is 0.321 e. The van der Waals surface area contributed by atoms with Gasteiger partial charge in [-0.2, -0.15) is 0 Å². The monoisotopic (exact) mass is 356 g/mol. The lowest BCUT2D eigenvalue weighted by molar-refractivity contribution is -0.131. The largest absolute Gasteiger partial charge is 0.507 e. The summed E-state index contributed by atoms with van der Waals surface area (Å²) in [5, 5.41) is 17.8. The predicted molar refractivity (Wildman–Crippen MR) is 93.7 cm³/mol. The van der Waals surface area contributed by atoms with Gasteiger partial charge >= 0.3 is 5.97 Å². The minimum atomic E-state index is -0.398. The summed E-state index contributed by atoms with van der Waals surface area (Å²) >= 11 is 1.08. The number of phenolic OH excluding ortho intramolecular Hbond substituents is 1. The first-order valence-corrected chi connectivity index (χ1v) is 8.54. The van der Waals surface area contributed by atoms with Crippen molar-refractivity contribution in [1.29, 1.82) is 0 Å².